The summed E-state index contributed by atoms with van der Waals surface area (Å²) in [6.45, 7) is 2.52. The molecule has 0 heterocycles. The Bertz CT molecular complexity index is 430. The molecule has 1 aliphatic rings. The zero-order chi connectivity index (χ0) is 14.6. The third kappa shape index (κ3) is 3.67. The molecule has 1 saturated carbocycles. The molecule has 0 spiro atoms. The van der Waals surface area contributed by atoms with Gasteiger partial charge in [0.1, 0.15) is 5.75 Å². The van der Waals surface area contributed by atoms with Gasteiger partial charge in [-0.25, -0.2) is 8.78 Å². The monoisotopic (exact) mass is 284 g/mol. The summed E-state index contributed by atoms with van der Waals surface area (Å²) >= 11 is 0. The number of hydrogen-bond donors (Lipinski definition) is 2. The second-order valence-corrected chi connectivity index (χ2v) is 5.34. The molecule has 5 heteroatoms. The van der Waals surface area contributed by atoms with Crippen molar-refractivity contribution >= 4 is 0 Å². The Labute approximate surface area is 118 Å². The van der Waals surface area contributed by atoms with Crippen molar-refractivity contribution in [3.05, 3.63) is 29.8 Å². The predicted octanol–water partition coefficient (Wildman–Crippen LogP) is 3.42. The number of ether oxygens (including phenoxy) is 1. The molecule has 1 aromatic rings. The van der Waals surface area contributed by atoms with E-state index < -0.39 is 5.92 Å². The van der Waals surface area contributed by atoms with Crippen LogP contribution in [0.5, 0.6) is 5.75 Å². The summed E-state index contributed by atoms with van der Waals surface area (Å²) in [5.41, 5.74) is 3.78. The first kappa shape index (κ1) is 15.2. The van der Waals surface area contributed by atoms with Gasteiger partial charge in [-0.15, -0.1) is 0 Å². The van der Waals surface area contributed by atoms with Gasteiger partial charge in [0.2, 0.25) is 5.92 Å². The van der Waals surface area contributed by atoms with Crippen LogP contribution in [-0.4, -0.2) is 12.5 Å². The summed E-state index contributed by atoms with van der Waals surface area (Å²) in [7, 11) is 0. The summed E-state index contributed by atoms with van der Waals surface area (Å²) in [5, 5.41) is 0. The summed E-state index contributed by atoms with van der Waals surface area (Å²) in [5.74, 6) is 4.06. The van der Waals surface area contributed by atoms with E-state index in [9.17, 15) is 8.78 Å². The number of nitrogens with two attached hydrogens (primary N) is 1. The lowest BCUT2D eigenvalue weighted by molar-refractivity contribution is -0.0498. The molecule has 1 aliphatic carbocycles. The van der Waals surface area contributed by atoms with E-state index in [0.29, 0.717) is 19.4 Å². The molecule has 0 saturated heterocycles. The van der Waals surface area contributed by atoms with Crippen molar-refractivity contribution < 1.29 is 13.5 Å². The Kier molecular flexibility index (Phi) is 4.94. The van der Waals surface area contributed by atoms with Gasteiger partial charge >= 0.3 is 0 Å². The largest absolute Gasteiger partial charge is 0.494 e. The van der Waals surface area contributed by atoms with Crippen LogP contribution in [0.2, 0.25) is 0 Å². The lowest BCUT2D eigenvalue weighted by Crippen LogP contribution is -2.37. The fourth-order valence-corrected chi connectivity index (χ4v) is 2.86. The zero-order valence-corrected chi connectivity index (χ0v) is 11.7. The highest BCUT2D eigenvalue weighted by atomic mass is 19.3. The van der Waals surface area contributed by atoms with E-state index in [-0.39, 0.29) is 24.8 Å². The number of hydrogen-bond acceptors (Lipinski definition) is 3. The van der Waals surface area contributed by atoms with Gasteiger partial charge in [-0.05, 0) is 43.4 Å². The Balaban J connectivity index is 2.10. The Morgan fingerprint density at radius 2 is 2.10 bits per heavy atom. The standard InChI is InChI=1S/C15H22F2N2O/c1-2-20-13-5-3-4-12(10-13)14(19-18)11-6-8-15(16,17)9-7-11/h3-5,10-11,14,19H,2,6-9,18H2,1H3. The highest BCUT2D eigenvalue weighted by Gasteiger charge is 2.37. The summed E-state index contributed by atoms with van der Waals surface area (Å²) in [6, 6.07) is 7.57. The van der Waals surface area contributed by atoms with Crippen molar-refractivity contribution in [1.29, 1.82) is 0 Å². The maximum absolute atomic E-state index is 13.2. The Hall–Kier alpha value is -1.20. The molecule has 1 atom stereocenters. The second kappa shape index (κ2) is 6.50. The predicted molar refractivity (Wildman–Crippen MR) is 74.6 cm³/mol. The molecule has 3 N–H and O–H groups in total. The molecule has 20 heavy (non-hydrogen) atoms. The third-order valence-electron chi connectivity index (χ3n) is 3.94. The minimum Gasteiger partial charge on any atom is -0.494 e. The van der Waals surface area contributed by atoms with Crippen molar-refractivity contribution in [2.75, 3.05) is 6.61 Å². The van der Waals surface area contributed by atoms with Crippen LogP contribution in [-0.2, 0) is 0 Å². The Morgan fingerprint density at radius 1 is 1.40 bits per heavy atom. The molecule has 0 amide bonds. The molecule has 112 valence electrons. The minimum atomic E-state index is -2.51. The van der Waals surface area contributed by atoms with Crippen LogP contribution in [0, 0.1) is 5.92 Å². The van der Waals surface area contributed by atoms with E-state index in [1.165, 1.54) is 0 Å². The van der Waals surface area contributed by atoms with Gasteiger partial charge in [0.15, 0.2) is 0 Å². The highest BCUT2D eigenvalue weighted by Crippen LogP contribution is 2.41. The lowest BCUT2D eigenvalue weighted by atomic mass is 9.80. The van der Waals surface area contributed by atoms with E-state index in [1.54, 1.807) is 0 Å². The van der Waals surface area contributed by atoms with Gasteiger partial charge in [-0.3, -0.25) is 11.3 Å². The summed E-state index contributed by atoms with van der Waals surface area (Å²) in [4.78, 5) is 0. The second-order valence-electron chi connectivity index (χ2n) is 5.34. The maximum Gasteiger partial charge on any atom is 0.248 e. The minimum absolute atomic E-state index is 0.0546. The molecule has 3 nitrogen and oxygen atoms in total. The molecule has 1 aromatic carbocycles. The van der Waals surface area contributed by atoms with Crippen molar-refractivity contribution in [2.24, 2.45) is 11.8 Å². The summed E-state index contributed by atoms with van der Waals surface area (Å²) in [6.07, 6.45) is 0.865. The van der Waals surface area contributed by atoms with E-state index in [2.05, 4.69) is 5.43 Å². The molecular weight excluding hydrogens is 262 g/mol. The molecule has 2 rings (SSSR count). The molecule has 0 bridgehead atoms. The highest BCUT2D eigenvalue weighted by molar-refractivity contribution is 5.31. The van der Waals surface area contributed by atoms with Crippen LogP contribution in [0.4, 0.5) is 8.78 Å². The molecular formula is C15H22F2N2O. The third-order valence-corrected chi connectivity index (χ3v) is 3.94. The van der Waals surface area contributed by atoms with Gasteiger partial charge in [0, 0.05) is 18.9 Å². The molecule has 0 aromatic heterocycles. The van der Waals surface area contributed by atoms with Gasteiger partial charge in [0.05, 0.1) is 6.61 Å². The first-order valence-electron chi connectivity index (χ1n) is 7.12. The van der Waals surface area contributed by atoms with Crippen molar-refractivity contribution in [1.82, 2.24) is 5.43 Å². The SMILES string of the molecule is CCOc1cccc(C(NN)C2CCC(F)(F)CC2)c1. The van der Waals surface area contributed by atoms with Crippen LogP contribution in [0.1, 0.15) is 44.2 Å². The fraction of sp³-hybridized carbons (Fsp3) is 0.600. The van der Waals surface area contributed by atoms with Gasteiger partial charge in [-0.2, -0.15) is 0 Å². The topological polar surface area (TPSA) is 47.3 Å². The van der Waals surface area contributed by atoms with E-state index in [1.807, 2.05) is 31.2 Å². The van der Waals surface area contributed by atoms with Crippen LogP contribution in [0.3, 0.4) is 0 Å². The molecule has 0 aliphatic heterocycles. The first-order chi connectivity index (χ1) is 9.55. The number of alkyl halides is 2. The van der Waals surface area contributed by atoms with Crippen molar-refractivity contribution in [3.8, 4) is 5.75 Å². The molecule has 1 unspecified atom stereocenters. The number of hydrazine groups is 1. The number of nitrogens with one attached hydrogen (secondary N) is 1. The normalized spacial score (nSPS) is 20.6. The summed E-state index contributed by atoms with van der Waals surface area (Å²) < 4.78 is 32.0. The van der Waals surface area contributed by atoms with Crippen LogP contribution >= 0.6 is 0 Å². The number of benzene rings is 1. The fourth-order valence-electron chi connectivity index (χ4n) is 2.86. The molecule has 0 radical (unpaired) electrons. The van der Waals surface area contributed by atoms with E-state index >= 15 is 0 Å². The number of halogens is 2. The van der Waals surface area contributed by atoms with Crippen molar-refractivity contribution in [3.63, 3.8) is 0 Å². The van der Waals surface area contributed by atoms with E-state index in [4.69, 9.17) is 10.6 Å². The van der Waals surface area contributed by atoms with Crippen LogP contribution in [0.15, 0.2) is 24.3 Å². The smallest absolute Gasteiger partial charge is 0.248 e. The first-order valence-corrected chi connectivity index (χ1v) is 7.12. The van der Waals surface area contributed by atoms with Gasteiger partial charge in [0.25, 0.3) is 0 Å². The maximum atomic E-state index is 13.2. The van der Waals surface area contributed by atoms with Gasteiger partial charge in [-0.1, -0.05) is 12.1 Å². The van der Waals surface area contributed by atoms with Crippen molar-refractivity contribution in [2.45, 2.75) is 44.6 Å². The van der Waals surface area contributed by atoms with Crippen LogP contribution < -0.4 is 16.0 Å². The average Bonchev–Trinajstić information content (AvgIpc) is 2.42. The Morgan fingerprint density at radius 3 is 2.70 bits per heavy atom. The van der Waals surface area contributed by atoms with Gasteiger partial charge < -0.3 is 4.74 Å². The number of rotatable bonds is 5. The van der Waals surface area contributed by atoms with E-state index in [0.717, 1.165) is 11.3 Å². The zero-order valence-electron chi connectivity index (χ0n) is 11.7. The quantitative estimate of drug-likeness (QED) is 0.643. The lowest BCUT2D eigenvalue weighted by Gasteiger charge is -2.33. The molecule has 1 fully saturated rings. The average molecular weight is 284 g/mol. The van der Waals surface area contributed by atoms with Crippen LogP contribution in [0.25, 0.3) is 0 Å².